The highest BCUT2D eigenvalue weighted by Crippen LogP contribution is 2.42. The van der Waals surface area contributed by atoms with Crippen LogP contribution in [0.4, 0.5) is 0 Å². The van der Waals surface area contributed by atoms with Crippen molar-refractivity contribution < 1.29 is 0 Å². The van der Waals surface area contributed by atoms with E-state index in [4.69, 9.17) is 0 Å². The van der Waals surface area contributed by atoms with Crippen LogP contribution in [0.2, 0.25) is 0 Å². The molecule has 1 N–H and O–H groups in total. The topological polar surface area (TPSA) is 29.9 Å². The zero-order valence-electron chi connectivity index (χ0n) is 11.6. The van der Waals surface area contributed by atoms with Gasteiger partial charge in [0.25, 0.3) is 0 Å². The van der Waals surface area contributed by atoms with Crippen molar-refractivity contribution in [1.29, 1.82) is 0 Å². The minimum atomic E-state index is 0.437. The van der Waals surface area contributed by atoms with Crippen molar-refractivity contribution in [2.24, 2.45) is 5.92 Å². The van der Waals surface area contributed by atoms with Gasteiger partial charge in [0.1, 0.15) is 0 Å². The van der Waals surface area contributed by atoms with Crippen molar-refractivity contribution >= 4 is 15.9 Å². The third-order valence-electron chi connectivity index (χ3n) is 3.94. The molecule has 0 spiro atoms. The van der Waals surface area contributed by atoms with Crippen LogP contribution < -0.4 is 5.32 Å². The van der Waals surface area contributed by atoms with Crippen LogP contribution in [-0.2, 0) is 0 Å². The van der Waals surface area contributed by atoms with Crippen LogP contribution in [0.1, 0.15) is 57.7 Å². The maximum absolute atomic E-state index is 4.52. The molecule has 3 nitrogen and oxygen atoms in total. The van der Waals surface area contributed by atoms with Gasteiger partial charge in [-0.2, -0.15) is 5.10 Å². The quantitative estimate of drug-likeness (QED) is 0.898. The molecule has 0 saturated heterocycles. The Balaban J connectivity index is 2.21. The van der Waals surface area contributed by atoms with E-state index in [1.807, 2.05) is 6.20 Å². The van der Waals surface area contributed by atoms with Crippen molar-refractivity contribution in [2.75, 3.05) is 13.1 Å². The first-order valence-corrected chi connectivity index (χ1v) is 7.88. The Bertz CT molecular complexity index is 386. The van der Waals surface area contributed by atoms with Gasteiger partial charge in [0.2, 0.25) is 0 Å². The normalized spacial score (nSPS) is 24.1. The fraction of sp³-hybridized carbons (Fsp3) is 0.786. The Hall–Kier alpha value is -0.350. The van der Waals surface area contributed by atoms with Crippen molar-refractivity contribution in [2.45, 2.75) is 52.0 Å². The highest BCUT2D eigenvalue weighted by molar-refractivity contribution is 9.10. The summed E-state index contributed by atoms with van der Waals surface area (Å²) in [6.45, 7) is 8.79. The maximum Gasteiger partial charge on any atom is 0.0635 e. The van der Waals surface area contributed by atoms with Gasteiger partial charge in [0.15, 0.2) is 0 Å². The number of nitrogens with zero attached hydrogens (tertiary/aromatic N) is 2. The standard InChI is InChI=1S/C14H24BrN3/c1-4-16-8-11-6-5-7-12(11)14-13(15)9-17-18(14)10(2)3/h9-12,16H,4-8H2,1-3H3. The van der Waals surface area contributed by atoms with E-state index in [1.165, 1.54) is 29.4 Å². The number of hydrogen-bond acceptors (Lipinski definition) is 2. The molecule has 0 bridgehead atoms. The first kappa shape index (κ1) is 14.1. The minimum absolute atomic E-state index is 0.437. The molecule has 0 amide bonds. The largest absolute Gasteiger partial charge is 0.317 e. The van der Waals surface area contributed by atoms with Crippen LogP contribution in [0.3, 0.4) is 0 Å². The Morgan fingerprint density at radius 1 is 1.50 bits per heavy atom. The molecular formula is C14H24BrN3. The molecule has 102 valence electrons. The molecule has 18 heavy (non-hydrogen) atoms. The van der Waals surface area contributed by atoms with Crippen molar-refractivity contribution in [3.63, 3.8) is 0 Å². The summed E-state index contributed by atoms with van der Waals surface area (Å²) < 4.78 is 3.38. The Morgan fingerprint density at radius 2 is 2.28 bits per heavy atom. The predicted molar refractivity (Wildman–Crippen MR) is 78.9 cm³/mol. The van der Waals surface area contributed by atoms with Crippen LogP contribution >= 0.6 is 15.9 Å². The lowest BCUT2D eigenvalue weighted by molar-refractivity contribution is 0.408. The van der Waals surface area contributed by atoms with Gasteiger partial charge >= 0.3 is 0 Å². The Kier molecular flexibility index (Phi) is 4.84. The second-order valence-corrected chi connectivity index (χ2v) is 6.38. The number of nitrogens with one attached hydrogen (secondary N) is 1. The average Bonchev–Trinajstić information content (AvgIpc) is 2.92. The highest BCUT2D eigenvalue weighted by Gasteiger charge is 2.32. The van der Waals surface area contributed by atoms with Gasteiger partial charge in [0.05, 0.1) is 16.4 Å². The zero-order chi connectivity index (χ0) is 13.1. The van der Waals surface area contributed by atoms with Gasteiger partial charge in [-0.05, 0) is 61.6 Å². The molecule has 2 atom stereocenters. The lowest BCUT2D eigenvalue weighted by Gasteiger charge is -2.23. The summed E-state index contributed by atoms with van der Waals surface area (Å²) in [6, 6.07) is 0.437. The van der Waals surface area contributed by atoms with E-state index < -0.39 is 0 Å². The molecule has 2 rings (SSSR count). The lowest BCUT2D eigenvalue weighted by Crippen LogP contribution is -2.25. The van der Waals surface area contributed by atoms with Crippen molar-refractivity contribution in [3.8, 4) is 0 Å². The summed E-state index contributed by atoms with van der Waals surface area (Å²) in [4.78, 5) is 0. The molecule has 1 aromatic rings. The van der Waals surface area contributed by atoms with Crippen LogP contribution in [0, 0.1) is 5.92 Å². The summed E-state index contributed by atoms with van der Waals surface area (Å²) in [5.41, 5.74) is 1.41. The van der Waals surface area contributed by atoms with Gasteiger partial charge in [0, 0.05) is 12.0 Å². The second-order valence-electron chi connectivity index (χ2n) is 5.52. The molecule has 0 radical (unpaired) electrons. The fourth-order valence-electron chi connectivity index (χ4n) is 3.08. The minimum Gasteiger partial charge on any atom is -0.317 e. The third kappa shape index (κ3) is 2.80. The molecule has 0 aliphatic heterocycles. The van der Waals surface area contributed by atoms with Crippen LogP contribution in [0.25, 0.3) is 0 Å². The molecule has 1 heterocycles. The van der Waals surface area contributed by atoms with Gasteiger partial charge in [-0.1, -0.05) is 13.3 Å². The second kappa shape index (κ2) is 6.20. The summed E-state index contributed by atoms with van der Waals surface area (Å²) in [7, 11) is 0. The van der Waals surface area contributed by atoms with E-state index in [1.54, 1.807) is 0 Å². The molecule has 1 fully saturated rings. The molecule has 1 aliphatic carbocycles. The number of hydrogen-bond donors (Lipinski definition) is 1. The smallest absolute Gasteiger partial charge is 0.0635 e. The first-order valence-electron chi connectivity index (χ1n) is 7.08. The van der Waals surface area contributed by atoms with E-state index in [0.29, 0.717) is 12.0 Å². The summed E-state index contributed by atoms with van der Waals surface area (Å²) in [5, 5.41) is 8.03. The highest BCUT2D eigenvalue weighted by atomic mass is 79.9. The molecule has 0 aromatic carbocycles. The average molecular weight is 314 g/mol. The number of rotatable bonds is 5. The summed E-state index contributed by atoms with van der Waals surface area (Å²) in [6.07, 6.45) is 5.94. The van der Waals surface area contributed by atoms with Crippen molar-refractivity contribution in [1.82, 2.24) is 15.1 Å². The third-order valence-corrected chi connectivity index (χ3v) is 4.55. The molecule has 4 heteroatoms. The predicted octanol–water partition coefficient (Wildman–Crippen LogP) is 3.72. The van der Waals surface area contributed by atoms with Crippen LogP contribution in [-0.4, -0.2) is 22.9 Å². The number of halogens is 1. The lowest BCUT2D eigenvalue weighted by atomic mass is 9.92. The van der Waals surface area contributed by atoms with E-state index in [-0.39, 0.29) is 0 Å². The van der Waals surface area contributed by atoms with Gasteiger partial charge < -0.3 is 5.32 Å². The van der Waals surface area contributed by atoms with E-state index >= 15 is 0 Å². The number of aromatic nitrogens is 2. The van der Waals surface area contributed by atoms with Crippen LogP contribution in [0.5, 0.6) is 0 Å². The SMILES string of the molecule is CCNCC1CCCC1c1c(Br)cnn1C(C)C. The van der Waals surface area contributed by atoms with E-state index in [2.05, 4.69) is 51.8 Å². The molecule has 2 unspecified atom stereocenters. The molecule has 1 aliphatic rings. The monoisotopic (exact) mass is 313 g/mol. The Morgan fingerprint density at radius 3 is 2.94 bits per heavy atom. The van der Waals surface area contributed by atoms with Crippen molar-refractivity contribution in [3.05, 3.63) is 16.4 Å². The maximum atomic E-state index is 4.52. The molecule has 1 saturated carbocycles. The Labute approximate surface area is 118 Å². The molecular weight excluding hydrogens is 290 g/mol. The van der Waals surface area contributed by atoms with Crippen LogP contribution in [0.15, 0.2) is 10.7 Å². The first-order chi connectivity index (χ1) is 8.65. The fourth-order valence-corrected chi connectivity index (χ4v) is 3.65. The van der Waals surface area contributed by atoms with E-state index in [9.17, 15) is 0 Å². The van der Waals surface area contributed by atoms with Gasteiger partial charge in [-0.15, -0.1) is 0 Å². The summed E-state index contributed by atoms with van der Waals surface area (Å²) in [5.74, 6) is 1.42. The molecule has 1 aromatic heterocycles. The summed E-state index contributed by atoms with van der Waals surface area (Å²) >= 11 is 3.69. The van der Waals surface area contributed by atoms with Gasteiger partial charge in [-0.3, -0.25) is 4.68 Å². The van der Waals surface area contributed by atoms with Gasteiger partial charge in [-0.25, -0.2) is 0 Å². The zero-order valence-corrected chi connectivity index (χ0v) is 13.2. The van der Waals surface area contributed by atoms with E-state index in [0.717, 1.165) is 19.0 Å².